The minimum atomic E-state index is -0.286. The van der Waals surface area contributed by atoms with E-state index in [0.29, 0.717) is 6.42 Å². The maximum atomic E-state index is 10.5. The number of hydrogen-bond acceptors (Lipinski definition) is 3. The first-order chi connectivity index (χ1) is 4.70. The summed E-state index contributed by atoms with van der Waals surface area (Å²) < 4.78 is 4.37. The minimum Gasteiger partial charge on any atom is -0.469 e. The van der Waals surface area contributed by atoms with E-state index in [2.05, 4.69) is 20.7 Å². The topological polar surface area (TPSA) is 43.4 Å². The van der Waals surface area contributed by atoms with Gasteiger partial charge in [0.1, 0.15) is 6.29 Å². The van der Waals surface area contributed by atoms with E-state index < -0.39 is 0 Å². The van der Waals surface area contributed by atoms with Crippen LogP contribution in [0.4, 0.5) is 0 Å². The van der Waals surface area contributed by atoms with Gasteiger partial charge in [-0.05, 0) is 6.42 Å². The Kier molecular flexibility index (Phi) is 5.20. The molecule has 0 aromatic heterocycles. The van der Waals surface area contributed by atoms with Gasteiger partial charge in [0, 0.05) is 6.42 Å². The van der Waals surface area contributed by atoms with Crippen molar-refractivity contribution >= 4 is 28.2 Å². The van der Waals surface area contributed by atoms with Crippen molar-refractivity contribution in [3.8, 4) is 0 Å². The molecule has 0 rings (SSSR count). The summed E-state index contributed by atoms with van der Waals surface area (Å²) in [6, 6.07) is 0. The highest BCUT2D eigenvalue weighted by Gasteiger charge is 2.05. The zero-order valence-corrected chi connectivity index (χ0v) is 7.26. The summed E-state index contributed by atoms with van der Waals surface area (Å²) in [7, 11) is 1.33. The molecule has 0 fully saturated rings. The Labute approximate surface area is 67.9 Å². The van der Waals surface area contributed by atoms with E-state index in [1.807, 2.05) is 0 Å². The lowest BCUT2D eigenvalue weighted by Gasteiger charge is -1.98. The Hall–Kier alpha value is -0.380. The molecule has 10 heavy (non-hydrogen) atoms. The second kappa shape index (κ2) is 5.41. The highest BCUT2D eigenvalue weighted by Crippen LogP contribution is 2.04. The molecule has 3 nitrogen and oxygen atoms in total. The highest BCUT2D eigenvalue weighted by molar-refractivity contribution is 9.09. The van der Waals surface area contributed by atoms with Gasteiger partial charge in [-0.25, -0.2) is 0 Å². The molecule has 0 bridgehead atoms. The number of alkyl halides is 1. The van der Waals surface area contributed by atoms with Crippen LogP contribution in [0.3, 0.4) is 0 Å². The van der Waals surface area contributed by atoms with Crippen LogP contribution in [0.15, 0.2) is 0 Å². The quantitative estimate of drug-likeness (QED) is 0.392. The van der Waals surface area contributed by atoms with E-state index in [4.69, 9.17) is 0 Å². The molecule has 0 spiro atoms. The lowest BCUT2D eigenvalue weighted by molar-refractivity contribution is -0.140. The van der Waals surface area contributed by atoms with Gasteiger partial charge < -0.3 is 9.53 Å². The van der Waals surface area contributed by atoms with Crippen LogP contribution < -0.4 is 0 Å². The zero-order valence-electron chi connectivity index (χ0n) is 5.67. The van der Waals surface area contributed by atoms with Crippen LogP contribution in [-0.4, -0.2) is 24.2 Å². The third kappa shape index (κ3) is 4.49. The maximum Gasteiger partial charge on any atom is 0.305 e. The Bertz CT molecular complexity index is 124. The van der Waals surface area contributed by atoms with Crippen molar-refractivity contribution in [2.24, 2.45) is 0 Å². The molecule has 0 heterocycles. The zero-order chi connectivity index (χ0) is 7.98. The molecule has 0 N–H and O–H groups in total. The van der Waals surface area contributed by atoms with E-state index in [9.17, 15) is 9.59 Å². The van der Waals surface area contributed by atoms with Crippen molar-refractivity contribution in [3.05, 3.63) is 0 Å². The number of carbonyl (C=O) groups excluding carboxylic acids is 2. The summed E-state index contributed by atoms with van der Waals surface area (Å²) in [5.41, 5.74) is 0. The van der Waals surface area contributed by atoms with Gasteiger partial charge >= 0.3 is 5.97 Å². The average molecular weight is 209 g/mol. The highest BCUT2D eigenvalue weighted by atomic mass is 79.9. The monoisotopic (exact) mass is 208 g/mol. The lowest BCUT2D eigenvalue weighted by Crippen LogP contribution is -2.05. The lowest BCUT2D eigenvalue weighted by atomic mass is 10.2. The minimum absolute atomic E-state index is 0.230. The molecule has 1 atom stereocenters. The van der Waals surface area contributed by atoms with E-state index in [-0.39, 0.29) is 17.2 Å². The van der Waals surface area contributed by atoms with Crippen molar-refractivity contribution in [3.63, 3.8) is 0 Å². The van der Waals surface area contributed by atoms with E-state index in [1.165, 1.54) is 7.11 Å². The molecule has 4 heteroatoms. The molecule has 58 valence electrons. The first-order valence-corrected chi connectivity index (χ1v) is 3.78. The van der Waals surface area contributed by atoms with Crippen molar-refractivity contribution < 1.29 is 14.3 Å². The molecule has 0 saturated heterocycles. The molecule has 0 radical (unpaired) electrons. The van der Waals surface area contributed by atoms with Gasteiger partial charge in [-0.3, -0.25) is 4.79 Å². The first kappa shape index (κ1) is 9.62. The smallest absolute Gasteiger partial charge is 0.305 e. The molecule has 0 aliphatic rings. The van der Waals surface area contributed by atoms with E-state index in [0.717, 1.165) is 6.29 Å². The predicted octanol–water partition coefficient (Wildman–Crippen LogP) is 0.902. The number of aldehydes is 1. The van der Waals surface area contributed by atoms with Crippen molar-refractivity contribution in [1.29, 1.82) is 0 Å². The summed E-state index contributed by atoms with van der Waals surface area (Å²) in [6.45, 7) is 0. The Balaban J connectivity index is 3.34. The summed E-state index contributed by atoms with van der Waals surface area (Å²) in [5.74, 6) is -0.286. The average Bonchev–Trinajstić information content (AvgIpc) is 1.99. The largest absolute Gasteiger partial charge is 0.469 e. The molecule has 0 amide bonds. The predicted molar refractivity (Wildman–Crippen MR) is 40.0 cm³/mol. The fourth-order valence-electron chi connectivity index (χ4n) is 0.426. The molecule has 0 aliphatic carbocycles. The fraction of sp³-hybridized carbons (Fsp3) is 0.667. The molecule has 0 saturated carbocycles. The van der Waals surface area contributed by atoms with E-state index >= 15 is 0 Å². The van der Waals surface area contributed by atoms with Gasteiger partial charge in [-0.2, -0.15) is 0 Å². The SMILES string of the molecule is COC(=O)CCC(Br)C=O. The number of esters is 1. The maximum absolute atomic E-state index is 10.5. The van der Waals surface area contributed by atoms with Crippen LogP contribution in [0.2, 0.25) is 0 Å². The molecule has 0 aromatic carbocycles. The van der Waals surface area contributed by atoms with Crippen LogP contribution in [0.25, 0.3) is 0 Å². The summed E-state index contributed by atoms with van der Waals surface area (Å²) >= 11 is 3.06. The van der Waals surface area contributed by atoms with Gasteiger partial charge in [-0.15, -0.1) is 0 Å². The van der Waals surface area contributed by atoms with Crippen LogP contribution in [-0.2, 0) is 14.3 Å². The number of hydrogen-bond donors (Lipinski definition) is 0. The third-order valence-electron chi connectivity index (χ3n) is 1.000. The van der Waals surface area contributed by atoms with Crippen LogP contribution in [0, 0.1) is 0 Å². The van der Waals surface area contributed by atoms with Crippen LogP contribution in [0.5, 0.6) is 0 Å². The number of halogens is 1. The fourth-order valence-corrected chi connectivity index (χ4v) is 0.655. The summed E-state index contributed by atoms with van der Waals surface area (Å²) in [6.07, 6.45) is 1.53. The number of rotatable bonds is 4. The Morgan fingerprint density at radius 2 is 2.40 bits per heavy atom. The van der Waals surface area contributed by atoms with Crippen molar-refractivity contribution in [1.82, 2.24) is 0 Å². The molecular formula is C6H9BrO3. The third-order valence-corrected chi connectivity index (χ3v) is 1.67. The normalized spacial score (nSPS) is 12.2. The standard InChI is InChI=1S/C6H9BrO3/c1-10-6(9)3-2-5(7)4-8/h4-5H,2-3H2,1H3. The molecular weight excluding hydrogens is 200 g/mol. The van der Waals surface area contributed by atoms with E-state index in [1.54, 1.807) is 0 Å². The Morgan fingerprint density at radius 1 is 1.80 bits per heavy atom. The summed E-state index contributed by atoms with van der Waals surface area (Å²) in [5, 5.41) is 0. The van der Waals surface area contributed by atoms with Crippen LogP contribution >= 0.6 is 15.9 Å². The molecule has 1 unspecified atom stereocenters. The van der Waals surface area contributed by atoms with Crippen LogP contribution in [0.1, 0.15) is 12.8 Å². The number of methoxy groups -OCH3 is 1. The second-order valence-electron chi connectivity index (χ2n) is 1.77. The second-order valence-corrected chi connectivity index (χ2v) is 2.94. The van der Waals surface area contributed by atoms with Gasteiger partial charge in [0.05, 0.1) is 11.9 Å². The van der Waals surface area contributed by atoms with Gasteiger partial charge in [0.2, 0.25) is 0 Å². The van der Waals surface area contributed by atoms with Crippen molar-refractivity contribution in [2.45, 2.75) is 17.7 Å². The molecule has 0 aromatic rings. The van der Waals surface area contributed by atoms with Gasteiger partial charge in [0.15, 0.2) is 0 Å². The number of carbonyl (C=O) groups is 2. The van der Waals surface area contributed by atoms with Crippen molar-refractivity contribution in [2.75, 3.05) is 7.11 Å². The van der Waals surface area contributed by atoms with Gasteiger partial charge in [-0.1, -0.05) is 15.9 Å². The van der Waals surface area contributed by atoms with Gasteiger partial charge in [0.25, 0.3) is 0 Å². The first-order valence-electron chi connectivity index (χ1n) is 2.87. The summed E-state index contributed by atoms with van der Waals surface area (Å²) in [4.78, 5) is 20.2. The number of ether oxygens (including phenoxy) is 1. The Morgan fingerprint density at radius 3 is 2.80 bits per heavy atom. The molecule has 0 aliphatic heterocycles.